The molecular weight excluding hydrogens is 440 g/mol. The number of phenols is 1. The number of esters is 1. The van der Waals surface area contributed by atoms with E-state index in [9.17, 15) is 35.1 Å². The molecule has 0 spiro atoms. The van der Waals surface area contributed by atoms with Crippen LogP contribution in [-0.4, -0.2) is 91.6 Å². The molecule has 2 rings (SSSR count). The molecule has 2 unspecified atom stereocenters. The van der Waals surface area contributed by atoms with Crippen LogP contribution in [0.1, 0.15) is 38.7 Å². The molecule has 1 aromatic rings. The number of aromatic hydroxyl groups is 1. The van der Waals surface area contributed by atoms with Gasteiger partial charge >= 0.3 is 11.9 Å². The fourth-order valence-corrected chi connectivity index (χ4v) is 3.42. The van der Waals surface area contributed by atoms with Crippen molar-refractivity contribution in [3.63, 3.8) is 0 Å². The Bertz CT molecular complexity index is 779. The van der Waals surface area contributed by atoms with E-state index in [1.54, 1.807) is 31.2 Å². The van der Waals surface area contributed by atoms with Crippen molar-refractivity contribution >= 4 is 11.9 Å². The number of aliphatic carboxylic acids is 1. The Morgan fingerprint density at radius 3 is 2.33 bits per heavy atom. The maximum atomic E-state index is 12.0. The van der Waals surface area contributed by atoms with Crippen molar-refractivity contribution in [2.24, 2.45) is 0 Å². The predicted molar refractivity (Wildman–Crippen MR) is 112 cm³/mol. The van der Waals surface area contributed by atoms with Gasteiger partial charge in [0.1, 0.15) is 36.8 Å². The van der Waals surface area contributed by atoms with Crippen molar-refractivity contribution in [3.8, 4) is 5.75 Å². The second-order valence-electron chi connectivity index (χ2n) is 8.59. The molecule has 1 fully saturated rings. The molecule has 1 saturated heterocycles. The first-order valence-electron chi connectivity index (χ1n) is 10.6. The topological polar surface area (TPSA) is 183 Å². The first kappa shape index (κ1) is 27.0. The highest BCUT2D eigenvalue weighted by Gasteiger charge is 2.45. The standard InChI is InChI=1S/C22H32O11/c1-12(3-4-13-5-7-14(23)8-6-13)32-21-20(29)19(28)18(27)15(33-21)11-31-17(26)10-22(2,30)9-16(24)25/h5-8,12,15,18-21,23,27-30H,3-4,9-11H2,1-2H3,(H,24,25)/t12?,15-,18-,19+,20-,21+,22?/m1/s1. The van der Waals surface area contributed by atoms with Crippen LogP contribution in [-0.2, 0) is 30.2 Å². The Balaban J connectivity index is 1.88. The number of aryl methyl sites for hydroxylation is 1. The van der Waals surface area contributed by atoms with Crippen molar-refractivity contribution in [1.29, 1.82) is 0 Å². The molecule has 0 aliphatic carbocycles. The lowest BCUT2D eigenvalue weighted by Crippen LogP contribution is -2.59. The quantitative estimate of drug-likeness (QED) is 0.232. The van der Waals surface area contributed by atoms with E-state index in [0.717, 1.165) is 5.56 Å². The van der Waals surface area contributed by atoms with Crippen molar-refractivity contribution in [2.45, 2.75) is 81.9 Å². The number of carbonyl (C=O) groups is 2. The Morgan fingerprint density at radius 2 is 1.73 bits per heavy atom. The second kappa shape index (κ2) is 11.7. The predicted octanol–water partition coefficient (Wildman–Crippen LogP) is -0.303. The van der Waals surface area contributed by atoms with E-state index in [1.165, 1.54) is 6.92 Å². The lowest BCUT2D eigenvalue weighted by Gasteiger charge is -2.40. The van der Waals surface area contributed by atoms with Crippen LogP contribution in [0.2, 0.25) is 0 Å². The second-order valence-corrected chi connectivity index (χ2v) is 8.59. The number of carboxylic acid groups (broad SMARTS) is 1. The summed E-state index contributed by atoms with van der Waals surface area (Å²) in [6.45, 7) is 2.42. The lowest BCUT2D eigenvalue weighted by atomic mass is 9.98. The van der Waals surface area contributed by atoms with Crippen LogP contribution in [0, 0.1) is 0 Å². The number of hydrogen-bond acceptors (Lipinski definition) is 10. The number of rotatable bonds is 11. The van der Waals surface area contributed by atoms with Gasteiger partial charge in [0.25, 0.3) is 0 Å². The lowest BCUT2D eigenvalue weighted by molar-refractivity contribution is -0.310. The van der Waals surface area contributed by atoms with E-state index in [0.29, 0.717) is 12.8 Å². The van der Waals surface area contributed by atoms with Gasteiger partial charge in [-0.05, 0) is 44.4 Å². The van der Waals surface area contributed by atoms with E-state index in [-0.39, 0.29) is 5.75 Å². The van der Waals surface area contributed by atoms with E-state index < -0.39 is 73.8 Å². The SMILES string of the molecule is CC(CCc1ccc(O)cc1)O[C@H]1O[C@H](COC(=O)CC(C)(O)CC(=O)O)[C@@H](O)[C@H](O)[C@H]1O. The summed E-state index contributed by atoms with van der Waals surface area (Å²) in [5.41, 5.74) is -0.851. The maximum absolute atomic E-state index is 12.0. The molecule has 0 bridgehead atoms. The summed E-state index contributed by atoms with van der Waals surface area (Å²) in [7, 11) is 0. The number of aliphatic hydroxyl groups excluding tert-OH is 3. The molecule has 1 heterocycles. The zero-order chi connectivity index (χ0) is 24.8. The van der Waals surface area contributed by atoms with Gasteiger partial charge in [-0.1, -0.05) is 12.1 Å². The van der Waals surface area contributed by atoms with E-state index in [2.05, 4.69) is 0 Å². The summed E-state index contributed by atoms with van der Waals surface area (Å²) < 4.78 is 16.2. The van der Waals surface area contributed by atoms with E-state index in [1.807, 2.05) is 0 Å². The van der Waals surface area contributed by atoms with Crippen LogP contribution in [0.25, 0.3) is 0 Å². The monoisotopic (exact) mass is 472 g/mol. The number of benzene rings is 1. The highest BCUT2D eigenvalue weighted by atomic mass is 16.7. The van der Waals surface area contributed by atoms with Crippen LogP contribution >= 0.6 is 0 Å². The summed E-state index contributed by atoms with van der Waals surface area (Å²) in [6, 6.07) is 6.68. The molecule has 0 amide bonds. The van der Waals surface area contributed by atoms with Crippen LogP contribution in [0.5, 0.6) is 5.75 Å². The molecule has 1 aliphatic rings. The highest BCUT2D eigenvalue weighted by Crippen LogP contribution is 2.25. The zero-order valence-corrected chi connectivity index (χ0v) is 18.5. The van der Waals surface area contributed by atoms with Gasteiger partial charge in [0, 0.05) is 0 Å². The number of hydrogen-bond donors (Lipinski definition) is 6. The van der Waals surface area contributed by atoms with E-state index >= 15 is 0 Å². The van der Waals surface area contributed by atoms with Crippen LogP contribution in [0.3, 0.4) is 0 Å². The van der Waals surface area contributed by atoms with E-state index in [4.69, 9.17) is 19.3 Å². The third-order valence-electron chi connectivity index (χ3n) is 5.28. The van der Waals surface area contributed by atoms with Crippen molar-refractivity contribution < 1.29 is 54.4 Å². The first-order valence-corrected chi connectivity index (χ1v) is 10.6. The fourth-order valence-electron chi connectivity index (χ4n) is 3.42. The molecule has 0 radical (unpaired) electrons. The van der Waals surface area contributed by atoms with Crippen LogP contribution in [0.15, 0.2) is 24.3 Å². The van der Waals surface area contributed by atoms with Gasteiger partial charge in [0.05, 0.1) is 24.5 Å². The zero-order valence-electron chi connectivity index (χ0n) is 18.5. The van der Waals surface area contributed by atoms with Crippen molar-refractivity contribution in [1.82, 2.24) is 0 Å². The summed E-state index contributed by atoms with van der Waals surface area (Å²) >= 11 is 0. The summed E-state index contributed by atoms with van der Waals surface area (Å²) in [5, 5.41) is 58.6. The Hall–Kier alpha value is -2.28. The minimum atomic E-state index is -1.82. The maximum Gasteiger partial charge on any atom is 0.308 e. The molecule has 7 atom stereocenters. The average Bonchev–Trinajstić information content (AvgIpc) is 2.71. The van der Waals surface area contributed by atoms with Crippen LogP contribution < -0.4 is 0 Å². The molecule has 186 valence electrons. The summed E-state index contributed by atoms with van der Waals surface area (Å²) in [6.07, 6.45) is -7.75. The molecule has 6 N–H and O–H groups in total. The Kier molecular flexibility index (Phi) is 9.58. The highest BCUT2D eigenvalue weighted by molar-refractivity contribution is 5.73. The van der Waals surface area contributed by atoms with Gasteiger partial charge in [-0.3, -0.25) is 9.59 Å². The summed E-state index contributed by atoms with van der Waals surface area (Å²) in [5.74, 6) is -2.04. The minimum Gasteiger partial charge on any atom is -0.508 e. The fraction of sp³-hybridized carbons (Fsp3) is 0.636. The third kappa shape index (κ3) is 8.54. The van der Waals surface area contributed by atoms with Gasteiger partial charge in [-0.2, -0.15) is 0 Å². The molecule has 33 heavy (non-hydrogen) atoms. The Labute approximate surface area is 191 Å². The molecule has 11 heteroatoms. The molecule has 0 aromatic heterocycles. The molecule has 1 aliphatic heterocycles. The van der Waals surface area contributed by atoms with Crippen molar-refractivity contribution in [3.05, 3.63) is 29.8 Å². The molecule has 1 aromatic carbocycles. The van der Waals surface area contributed by atoms with Gasteiger partial charge in [0.15, 0.2) is 6.29 Å². The number of carboxylic acids is 1. The van der Waals surface area contributed by atoms with Gasteiger partial charge in [-0.25, -0.2) is 0 Å². The van der Waals surface area contributed by atoms with Crippen molar-refractivity contribution in [2.75, 3.05) is 6.61 Å². The van der Waals surface area contributed by atoms with Gasteiger partial charge in [0.2, 0.25) is 0 Å². The third-order valence-corrected chi connectivity index (χ3v) is 5.28. The summed E-state index contributed by atoms with van der Waals surface area (Å²) in [4.78, 5) is 22.7. The molecule has 0 saturated carbocycles. The first-order chi connectivity index (χ1) is 15.4. The number of phenolic OH excluding ortho intramolecular Hbond substituents is 1. The largest absolute Gasteiger partial charge is 0.508 e. The van der Waals surface area contributed by atoms with Gasteiger partial charge < -0.3 is 44.8 Å². The smallest absolute Gasteiger partial charge is 0.308 e. The van der Waals surface area contributed by atoms with Gasteiger partial charge in [-0.15, -0.1) is 0 Å². The molecular formula is C22H32O11. The Morgan fingerprint density at radius 1 is 1.09 bits per heavy atom. The average molecular weight is 472 g/mol. The number of aliphatic hydroxyl groups is 4. The minimum absolute atomic E-state index is 0.159. The van der Waals surface area contributed by atoms with Crippen LogP contribution in [0.4, 0.5) is 0 Å². The number of ether oxygens (including phenoxy) is 3. The normalized spacial score (nSPS) is 28.0. The number of carbonyl (C=O) groups excluding carboxylic acids is 1. The molecule has 11 nitrogen and oxygen atoms in total.